The highest BCUT2D eigenvalue weighted by atomic mass is 17.3. The fraction of sp³-hybridized carbons (Fsp3) is 0.900. The molecule has 15 nitrogen and oxygen atoms in total. The number of carbonyl (C=O) groups excluding carboxylic acids is 3. The number of ether oxygens (including phenoxy) is 10. The van der Waals surface area contributed by atoms with Crippen molar-refractivity contribution in [3.63, 3.8) is 0 Å². The first kappa shape index (κ1) is 33.0. The number of fused-ring (bicyclic) bond motifs is 3. The smallest absolute Gasteiger partial charge is 0.339 e. The van der Waals surface area contributed by atoms with Crippen LogP contribution >= 0.6 is 0 Å². The quantitative estimate of drug-likeness (QED) is 0.225. The fourth-order valence-corrected chi connectivity index (χ4v) is 8.12. The van der Waals surface area contributed by atoms with Crippen LogP contribution in [0.2, 0.25) is 0 Å². The highest BCUT2D eigenvalue weighted by molar-refractivity contribution is 5.77. The van der Waals surface area contributed by atoms with E-state index < -0.39 is 84.7 Å². The molecule has 2 bridgehead atoms. The van der Waals surface area contributed by atoms with E-state index in [1.807, 2.05) is 13.8 Å². The first-order valence-corrected chi connectivity index (χ1v) is 15.7. The molecule has 0 aromatic rings. The van der Waals surface area contributed by atoms with Crippen molar-refractivity contribution in [2.45, 2.75) is 134 Å². The molecule has 7 fully saturated rings. The van der Waals surface area contributed by atoms with E-state index in [9.17, 15) is 14.4 Å². The first-order chi connectivity index (χ1) is 21.2. The standard InChI is InChI=1S/C30H44O15/c1-9-35-25-14(3)18-12-19(13(2)17-10-11-28(6)43-27(39-25)30(17,18)45-44-28)40-29(7)41-23-21(37-16(5)32)20(36-15(4)31)22(24(33)34-8)38-26(23)42-29/h13-14,17-23,25-27H,9-12H2,1-8H3/t13-,14+,17-,18-,19-,20+,21+,22+,23?,25-,26?,27+,28+,29?,30+/m0/s1. The van der Waals surface area contributed by atoms with Gasteiger partial charge in [0.1, 0.15) is 0 Å². The van der Waals surface area contributed by atoms with Crippen LogP contribution in [0.4, 0.5) is 0 Å². The van der Waals surface area contributed by atoms with Gasteiger partial charge in [0.15, 0.2) is 48.9 Å². The Kier molecular flexibility index (Phi) is 8.74. The SMILES string of the molecule is CCO[C@H]1O[C@@H]2O[C@@]3(C)CC[C@H]4[C@H](C)[C@@H](OC5(C)OC6O[C@@H](C(=O)OC)[C@H](OC(C)=O)[C@@H](OC(C)=O)C6O5)C[C@@H]([C@H]1C)[C@@]24OO3. The average molecular weight is 645 g/mol. The zero-order valence-electron chi connectivity index (χ0n) is 26.9. The summed E-state index contributed by atoms with van der Waals surface area (Å²) in [7, 11) is 1.16. The summed E-state index contributed by atoms with van der Waals surface area (Å²) in [5, 5.41) is 0. The van der Waals surface area contributed by atoms with E-state index in [1.54, 1.807) is 6.92 Å². The molecular formula is C30H44O15. The van der Waals surface area contributed by atoms with Crippen LogP contribution in [0, 0.1) is 23.7 Å². The number of hydrogen-bond donors (Lipinski definition) is 0. The van der Waals surface area contributed by atoms with Gasteiger partial charge in [-0.25, -0.2) is 14.6 Å². The van der Waals surface area contributed by atoms with Gasteiger partial charge in [0.2, 0.25) is 5.79 Å². The third-order valence-corrected chi connectivity index (χ3v) is 10.1. The lowest BCUT2D eigenvalue weighted by molar-refractivity contribution is -0.579. The lowest BCUT2D eigenvalue weighted by Crippen LogP contribution is -2.72. The van der Waals surface area contributed by atoms with Gasteiger partial charge in [-0.3, -0.25) is 14.3 Å². The van der Waals surface area contributed by atoms with E-state index in [2.05, 4.69) is 13.8 Å². The minimum Gasteiger partial charge on any atom is -0.467 e. The molecule has 6 heterocycles. The van der Waals surface area contributed by atoms with Crippen LogP contribution in [-0.2, 0) is 71.5 Å². The van der Waals surface area contributed by atoms with Gasteiger partial charge in [0.05, 0.1) is 13.2 Å². The summed E-state index contributed by atoms with van der Waals surface area (Å²) in [6.07, 6.45) is -6.20. The Hall–Kier alpha value is -1.95. The summed E-state index contributed by atoms with van der Waals surface area (Å²) >= 11 is 0. The molecule has 15 atom stereocenters. The van der Waals surface area contributed by atoms with Gasteiger partial charge in [0.25, 0.3) is 5.97 Å². The maximum absolute atomic E-state index is 12.7. The van der Waals surface area contributed by atoms with E-state index in [0.717, 1.165) is 13.5 Å². The summed E-state index contributed by atoms with van der Waals surface area (Å²) in [4.78, 5) is 49.0. The van der Waals surface area contributed by atoms with Crippen LogP contribution in [-0.4, -0.2) is 98.4 Å². The Morgan fingerprint density at radius 2 is 1.60 bits per heavy atom. The Balaban J connectivity index is 1.28. The fourth-order valence-electron chi connectivity index (χ4n) is 8.12. The second-order valence-electron chi connectivity index (χ2n) is 13.1. The molecule has 7 rings (SSSR count). The Labute approximate surface area is 261 Å². The van der Waals surface area contributed by atoms with Gasteiger partial charge < -0.3 is 42.6 Å². The van der Waals surface area contributed by atoms with Gasteiger partial charge in [0, 0.05) is 51.6 Å². The van der Waals surface area contributed by atoms with E-state index in [1.165, 1.54) is 13.8 Å². The largest absolute Gasteiger partial charge is 0.467 e. The zero-order valence-corrected chi connectivity index (χ0v) is 26.9. The number of esters is 3. The van der Waals surface area contributed by atoms with E-state index >= 15 is 0 Å². The summed E-state index contributed by atoms with van der Waals surface area (Å²) in [5.41, 5.74) is -0.886. The van der Waals surface area contributed by atoms with Crippen LogP contribution in [0.25, 0.3) is 0 Å². The molecule has 1 saturated carbocycles. The van der Waals surface area contributed by atoms with Crippen molar-refractivity contribution in [3.05, 3.63) is 0 Å². The van der Waals surface area contributed by atoms with Crippen molar-refractivity contribution in [2.24, 2.45) is 23.7 Å². The van der Waals surface area contributed by atoms with Crippen molar-refractivity contribution in [2.75, 3.05) is 13.7 Å². The van der Waals surface area contributed by atoms with Gasteiger partial charge in [-0.2, -0.15) is 0 Å². The second kappa shape index (κ2) is 11.9. The highest BCUT2D eigenvalue weighted by Gasteiger charge is 2.72. The van der Waals surface area contributed by atoms with Crippen LogP contribution in [0.5, 0.6) is 0 Å². The van der Waals surface area contributed by atoms with Crippen molar-refractivity contribution in [1.82, 2.24) is 0 Å². The van der Waals surface area contributed by atoms with E-state index in [-0.39, 0.29) is 23.7 Å². The molecule has 6 aliphatic heterocycles. The Bertz CT molecular complexity index is 1170. The number of hydrogen-bond acceptors (Lipinski definition) is 15. The molecular weight excluding hydrogens is 600 g/mol. The summed E-state index contributed by atoms with van der Waals surface area (Å²) in [6, 6.07) is 0. The van der Waals surface area contributed by atoms with Crippen molar-refractivity contribution < 1.29 is 71.5 Å². The third kappa shape index (κ3) is 5.57. The lowest BCUT2D eigenvalue weighted by atomic mass is 9.57. The lowest BCUT2D eigenvalue weighted by Gasteiger charge is -2.61. The van der Waals surface area contributed by atoms with Gasteiger partial charge in [-0.1, -0.05) is 13.8 Å². The van der Waals surface area contributed by atoms with Crippen LogP contribution in [0.3, 0.4) is 0 Å². The molecule has 0 aromatic carbocycles. The first-order valence-electron chi connectivity index (χ1n) is 15.7. The van der Waals surface area contributed by atoms with Crippen LogP contribution in [0.1, 0.15) is 67.7 Å². The molecule has 45 heavy (non-hydrogen) atoms. The number of carbonyl (C=O) groups is 3. The van der Waals surface area contributed by atoms with E-state index in [4.69, 9.17) is 57.1 Å². The molecule has 15 heteroatoms. The third-order valence-electron chi connectivity index (χ3n) is 10.1. The maximum atomic E-state index is 12.7. The minimum absolute atomic E-state index is 0.0880. The average Bonchev–Trinajstić information content (AvgIpc) is 3.14. The van der Waals surface area contributed by atoms with Gasteiger partial charge >= 0.3 is 17.9 Å². The van der Waals surface area contributed by atoms with Gasteiger partial charge in [-0.15, -0.1) is 0 Å². The van der Waals surface area contributed by atoms with Crippen molar-refractivity contribution >= 4 is 17.9 Å². The topological polar surface area (TPSA) is 162 Å². The van der Waals surface area contributed by atoms with Gasteiger partial charge in [-0.05, 0) is 32.6 Å². The van der Waals surface area contributed by atoms with Crippen LogP contribution in [0.15, 0.2) is 0 Å². The highest BCUT2D eigenvalue weighted by Crippen LogP contribution is 2.61. The Morgan fingerprint density at radius 3 is 2.27 bits per heavy atom. The predicted molar refractivity (Wildman–Crippen MR) is 145 cm³/mol. The predicted octanol–water partition coefficient (Wildman–Crippen LogP) is 2.08. The zero-order chi connectivity index (χ0) is 32.5. The maximum Gasteiger partial charge on any atom is 0.339 e. The molecule has 7 aliphatic rings. The number of rotatable bonds is 7. The molecule has 0 N–H and O–H groups in total. The monoisotopic (exact) mass is 644 g/mol. The molecule has 0 radical (unpaired) electrons. The van der Waals surface area contributed by atoms with Crippen molar-refractivity contribution in [3.8, 4) is 0 Å². The minimum atomic E-state index is -1.70. The Morgan fingerprint density at radius 1 is 0.889 bits per heavy atom. The molecule has 1 aliphatic carbocycles. The van der Waals surface area contributed by atoms with Crippen molar-refractivity contribution in [1.29, 1.82) is 0 Å². The molecule has 254 valence electrons. The summed E-state index contributed by atoms with van der Waals surface area (Å²) in [6.45, 7) is 12.3. The molecule has 0 aromatic heterocycles. The second-order valence-corrected chi connectivity index (χ2v) is 13.1. The molecule has 6 saturated heterocycles. The molecule has 3 unspecified atom stereocenters. The van der Waals surface area contributed by atoms with Crippen LogP contribution < -0.4 is 0 Å². The normalized spacial score (nSPS) is 50.1. The summed E-state index contributed by atoms with van der Waals surface area (Å²) < 4.78 is 59.7. The van der Waals surface area contributed by atoms with E-state index in [0.29, 0.717) is 19.4 Å². The number of methoxy groups -OCH3 is 1. The molecule has 0 amide bonds. The summed E-state index contributed by atoms with van der Waals surface area (Å²) in [5.74, 6) is -5.36. The molecule has 1 spiro atoms.